The zero-order valence-corrected chi connectivity index (χ0v) is 16.2. The van der Waals surface area contributed by atoms with Gasteiger partial charge in [0.25, 0.3) is 0 Å². The predicted molar refractivity (Wildman–Crippen MR) is 103 cm³/mol. The molecule has 2 aromatic carbocycles. The van der Waals surface area contributed by atoms with Crippen LogP contribution < -0.4 is 0 Å². The fourth-order valence-electron chi connectivity index (χ4n) is 5.52. The van der Waals surface area contributed by atoms with Gasteiger partial charge in [0.05, 0.1) is 0 Å². The largest absolute Gasteiger partial charge is 0.0532 e. The van der Waals surface area contributed by atoms with Crippen molar-refractivity contribution in [3.63, 3.8) is 0 Å². The molecular weight excluding hydrogens is 412 g/mol. The maximum absolute atomic E-state index is 3.87. The highest BCUT2D eigenvalue weighted by molar-refractivity contribution is 9.10. The summed E-state index contributed by atoms with van der Waals surface area (Å²) < 4.78 is 2.41. The summed E-state index contributed by atoms with van der Waals surface area (Å²) in [4.78, 5) is 0. The van der Waals surface area contributed by atoms with Crippen LogP contribution in [0.3, 0.4) is 0 Å². The van der Waals surface area contributed by atoms with E-state index in [0.717, 1.165) is 28.1 Å². The van der Waals surface area contributed by atoms with Crippen molar-refractivity contribution >= 4 is 31.9 Å². The zero-order valence-electron chi connectivity index (χ0n) is 13.1. The third-order valence-electron chi connectivity index (χ3n) is 6.35. The van der Waals surface area contributed by atoms with Gasteiger partial charge in [-0.2, -0.15) is 0 Å². The van der Waals surface area contributed by atoms with Crippen LogP contribution in [-0.4, -0.2) is 0 Å². The van der Waals surface area contributed by atoms with Gasteiger partial charge in [-0.25, -0.2) is 0 Å². The normalized spacial score (nSPS) is 31.0. The van der Waals surface area contributed by atoms with Gasteiger partial charge in [0, 0.05) is 8.95 Å². The van der Waals surface area contributed by atoms with Crippen molar-refractivity contribution in [2.24, 2.45) is 11.8 Å². The van der Waals surface area contributed by atoms with Crippen LogP contribution in [0, 0.1) is 11.8 Å². The average Bonchev–Trinajstić information content (AvgIpc) is 2.69. The first-order valence-corrected chi connectivity index (χ1v) is 10.3. The lowest BCUT2D eigenvalue weighted by Gasteiger charge is -2.38. The molecule has 0 amide bonds. The molecular formula is C21H20Br2. The second-order valence-electron chi connectivity index (χ2n) is 7.77. The van der Waals surface area contributed by atoms with E-state index in [0.29, 0.717) is 0 Å². The van der Waals surface area contributed by atoms with Gasteiger partial charge in [-0.05, 0) is 102 Å². The van der Waals surface area contributed by atoms with E-state index >= 15 is 0 Å². The fourth-order valence-corrected chi connectivity index (χ4v) is 6.38. The Balaban J connectivity index is 1.66. The molecule has 2 unspecified atom stereocenters. The molecule has 4 bridgehead atoms. The molecule has 0 radical (unpaired) electrons. The Morgan fingerprint density at radius 1 is 0.696 bits per heavy atom. The number of hydrogen-bond donors (Lipinski definition) is 0. The Morgan fingerprint density at radius 3 is 1.87 bits per heavy atom. The summed E-state index contributed by atoms with van der Waals surface area (Å²) in [5, 5.41) is 0. The van der Waals surface area contributed by atoms with Gasteiger partial charge < -0.3 is 0 Å². The van der Waals surface area contributed by atoms with Gasteiger partial charge in [-0.15, -0.1) is 0 Å². The van der Waals surface area contributed by atoms with E-state index in [9.17, 15) is 0 Å². The standard InChI is InChI=1S/C21H20Br2/c22-17-3-1-14(2-4-17)20-10-18-15-6-12-5-13(7-15)9-16(8-12)19(18)11-21(20)23/h1-4,10-13,15-16H,5-9H2. The van der Waals surface area contributed by atoms with Crippen LogP contribution in [0.2, 0.25) is 0 Å². The summed E-state index contributed by atoms with van der Waals surface area (Å²) in [6.45, 7) is 0. The van der Waals surface area contributed by atoms with Crippen LogP contribution in [0.25, 0.3) is 11.1 Å². The average molecular weight is 432 g/mol. The molecule has 2 aromatic rings. The molecule has 4 aliphatic rings. The highest BCUT2D eigenvalue weighted by Gasteiger charge is 2.42. The molecule has 2 fully saturated rings. The van der Waals surface area contributed by atoms with E-state index < -0.39 is 0 Å². The third kappa shape index (κ3) is 2.44. The lowest BCUT2D eigenvalue weighted by Crippen LogP contribution is -2.25. The van der Waals surface area contributed by atoms with Gasteiger partial charge in [0.15, 0.2) is 0 Å². The maximum atomic E-state index is 3.87. The Bertz CT molecular complexity index is 748. The smallest absolute Gasteiger partial charge is 0.0256 e. The Hall–Kier alpha value is -0.600. The highest BCUT2D eigenvalue weighted by Crippen LogP contribution is 2.57. The second-order valence-corrected chi connectivity index (χ2v) is 9.54. The quantitative estimate of drug-likeness (QED) is 0.445. The molecule has 2 atom stereocenters. The van der Waals surface area contributed by atoms with E-state index in [1.54, 1.807) is 11.1 Å². The SMILES string of the molecule is Brc1ccc(-c2cc3c(cc2Br)C2CC4CC(C2)CC3C4)cc1. The molecule has 0 heterocycles. The van der Waals surface area contributed by atoms with Crippen molar-refractivity contribution in [2.45, 2.75) is 43.9 Å². The summed E-state index contributed by atoms with van der Waals surface area (Å²) in [6.07, 6.45) is 7.23. The minimum absolute atomic E-state index is 0.809. The Labute approximate surface area is 154 Å². The van der Waals surface area contributed by atoms with Gasteiger partial charge >= 0.3 is 0 Å². The van der Waals surface area contributed by atoms with Crippen molar-refractivity contribution in [2.75, 3.05) is 0 Å². The number of rotatable bonds is 1. The zero-order chi connectivity index (χ0) is 15.6. The van der Waals surface area contributed by atoms with Crippen LogP contribution in [0.15, 0.2) is 45.3 Å². The van der Waals surface area contributed by atoms with Gasteiger partial charge in [0.1, 0.15) is 0 Å². The van der Waals surface area contributed by atoms with Crippen LogP contribution >= 0.6 is 31.9 Å². The fraction of sp³-hybridized carbons (Fsp3) is 0.429. The molecule has 0 N–H and O–H groups in total. The van der Waals surface area contributed by atoms with E-state index in [4.69, 9.17) is 0 Å². The first-order chi connectivity index (χ1) is 11.2. The lowest BCUT2D eigenvalue weighted by atomic mass is 9.67. The molecule has 0 aliphatic heterocycles. The molecule has 0 nitrogen and oxygen atoms in total. The molecule has 23 heavy (non-hydrogen) atoms. The molecule has 118 valence electrons. The summed E-state index contributed by atoms with van der Waals surface area (Å²) in [5.41, 5.74) is 6.00. The van der Waals surface area contributed by atoms with Crippen molar-refractivity contribution in [1.82, 2.24) is 0 Å². The van der Waals surface area contributed by atoms with Gasteiger partial charge in [-0.3, -0.25) is 0 Å². The van der Waals surface area contributed by atoms with Crippen LogP contribution in [-0.2, 0) is 0 Å². The van der Waals surface area contributed by atoms with E-state index in [2.05, 4.69) is 68.3 Å². The number of benzene rings is 2. The van der Waals surface area contributed by atoms with Crippen molar-refractivity contribution < 1.29 is 0 Å². The van der Waals surface area contributed by atoms with Crippen LogP contribution in [0.5, 0.6) is 0 Å². The van der Waals surface area contributed by atoms with E-state index in [1.807, 2.05) is 0 Å². The molecule has 0 saturated heterocycles. The maximum Gasteiger partial charge on any atom is 0.0256 e. The third-order valence-corrected chi connectivity index (χ3v) is 7.53. The van der Waals surface area contributed by atoms with Crippen molar-refractivity contribution in [3.05, 3.63) is 56.5 Å². The second kappa shape index (κ2) is 5.46. The first kappa shape index (κ1) is 14.7. The summed E-state index contributed by atoms with van der Waals surface area (Å²) >= 11 is 7.41. The van der Waals surface area contributed by atoms with Crippen molar-refractivity contribution in [1.29, 1.82) is 0 Å². The number of halogens is 2. The molecule has 4 aliphatic carbocycles. The molecule has 2 saturated carbocycles. The number of hydrogen-bond acceptors (Lipinski definition) is 0. The first-order valence-electron chi connectivity index (χ1n) is 8.76. The minimum atomic E-state index is 0.809. The predicted octanol–water partition coefficient (Wildman–Crippen LogP) is 7.27. The molecule has 0 spiro atoms. The Kier molecular flexibility index (Phi) is 3.49. The van der Waals surface area contributed by atoms with Crippen LogP contribution in [0.1, 0.15) is 55.1 Å². The Morgan fingerprint density at radius 2 is 1.26 bits per heavy atom. The van der Waals surface area contributed by atoms with E-state index in [1.165, 1.54) is 47.7 Å². The lowest BCUT2D eigenvalue weighted by molar-refractivity contribution is 0.166. The summed E-state index contributed by atoms with van der Waals surface area (Å²) in [5.74, 6) is 3.60. The summed E-state index contributed by atoms with van der Waals surface area (Å²) in [6, 6.07) is 13.7. The van der Waals surface area contributed by atoms with Gasteiger partial charge in [-0.1, -0.05) is 44.0 Å². The van der Waals surface area contributed by atoms with E-state index in [-0.39, 0.29) is 0 Å². The minimum Gasteiger partial charge on any atom is -0.0532 e. The summed E-state index contributed by atoms with van der Waals surface area (Å²) in [7, 11) is 0. The van der Waals surface area contributed by atoms with Gasteiger partial charge in [0.2, 0.25) is 0 Å². The molecule has 2 heteroatoms. The van der Waals surface area contributed by atoms with Crippen LogP contribution in [0.4, 0.5) is 0 Å². The van der Waals surface area contributed by atoms with Crippen molar-refractivity contribution in [3.8, 4) is 11.1 Å². The molecule has 0 aromatic heterocycles. The monoisotopic (exact) mass is 430 g/mol. The highest BCUT2D eigenvalue weighted by atomic mass is 79.9. The topological polar surface area (TPSA) is 0 Å². The molecule has 6 rings (SSSR count).